The van der Waals surface area contributed by atoms with Crippen LogP contribution in [0.1, 0.15) is 32.1 Å². The molecule has 0 radical (unpaired) electrons. The number of nitrogens with two attached hydrogens (primary N) is 1. The van der Waals surface area contributed by atoms with E-state index in [9.17, 15) is 4.79 Å². The number of carbonyl (C=O) groups excluding carboxylic acids is 1. The summed E-state index contributed by atoms with van der Waals surface area (Å²) in [5.74, 6) is 0.618. The number of hydrogen-bond acceptors (Lipinski definition) is 3. The van der Waals surface area contributed by atoms with Crippen LogP contribution in [0.5, 0.6) is 0 Å². The smallest absolute Gasteiger partial charge is 0.224 e. The van der Waals surface area contributed by atoms with Crippen LogP contribution in [0.15, 0.2) is 18.5 Å². The van der Waals surface area contributed by atoms with Gasteiger partial charge >= 0.3 is 0 Å². The van der Waals surface area contributed by atoms with Crippen LogP contribution in [0.4, 0.5) is 11.4 Å². The van der Waals surface area contributed by atoms with Gasteiger partial charge in [-0.1, -0.05) is 12.8 Å². The summed E-state index contributed by atoms with van der Waals surface area (Å²) in [4.78, 5) is 15.6. The van der Waals surface area contributed by atoms with Gasteiger partial charge in [-0.2, -0.15) is 0 Å². The van der Waals surface area contributed by atoms with Crippen molar-refractivity contribution in [3.8, 4) is 0 Å². The first kappa shape index (κ1) is 10.9. The lowest BCUT2D eigenvalue weighted by molar-refractivity contribution is -0.117. The normalized spacial score (nSPS) is 16.2. The molecule has 0 aliphatic heterocycles. The van der Waals surface area contributed by atoms with Gasteiger partial charge in [-0.3, -0.25) is 9.78 Å². The van der Waals surface area contributed by atoms with Crippen molar-refractivity contribution >= 4 is 17.3 Å². The molecule has 16 heavy (non-hydrogen) atoms. The third-order valence-electron chi connectivity index (χ3n) is 3.07. The first-order valence-corrected chi connectivity index (χ1v) is 5.75. The molecular weight excluding hydrogens is 202 g/mol. The molecule has 0 atom stereocenters. The number of pyridine rings is 1. The molecule has 0 spiro atoms. The van der Waals surface area contributed by atoms with Gasteiger partial charge < -0.3 is 11.1 Å². The van der Waals surface area contributed by atoms with Gasteiger partial charge in [-0.25, -0.2) is 0 Å². The van der Waals surface area contributed by atoms with Crippen LogP contribution < -0.4 is 11.1 Å². The molecule has 3 N–H and O–H groups in total. The zero-order chi connectivity index (χ0) is 11.4. The maximum atomic E-state index is 11.7. The van der Waals surface area contributed by atoms with Gasteiger partial charge in [0.05, 0.1) is 17.6 Å². The van der Waals surface area contributed by atoms with E-state index in [0.717, 1.165) is 0 Å². The summed E-state index contributed by atoms with van der Waals surface area (Å²) in [6.07, 6.45) is 8.66. The van der Waals surface area contributed by atoms with E-state index in [0.29, 0.717) is 23.7 Å². The molecule has 1 fully saturated rings. The second-order valence-electron chi connectivity index (χ2n) is 4.37. The lowest BCUT2D eigenvalue weighted by atomic mass is 10.0. The summed E-state index contributed by atoms with van der Waals surface area (Å²) >= 11 is 0. The quantitative estimate of drug-likeness (QED) is 0.818. The van der Waals surface area contributed by atoms with Gasteiger partial charge in [-0.05, 0) is 24.8 Å². The Morgan fingerprint density at radius 3 is 2.94 bits per heavy atom. The highest BCUT2D eigenvalue weighted by Gasteiger charge is 2.18. The summed E-state index contributed by atoms with van der Waals surface area (Å²) < 4.78 is 0. The van der Waals surface area contributed by atoms with Crippen molar-refractivity contribution in [3.63, 3.8) is 0 Å². The molecule has 1 aliphatic carbocycles. The molecule has 2 rings (SSSR count). The molecule has 1 aromatic rings. The van der Waals surface area contributed by atoms with Gasteiger partial charge in [0, 0.05) is 12.6 Å². The maximum Gasteiger partial charge on any atom is 0.224 e. The average Bonchev–Trinajstić information content (AvgIpc) is 2.74. The van der Waals surface area contributed by atoms with Gasteiger partial charge in [0.2, 0.25) is 5.91 Å². The number of hydrogen-bond donors (Lipinski definition) is 2. The van der Waals surface area contributed by atoms with E-state index in [2.05, 4.69) is 10.3 Å². The number of nitrogens with zero attached hydrogens (tertiary/aromatic N) is 1. The largest absolute Gasteiger partial charge is 0.396 e. The summed E-state index contributed by atoms with van der Waals surface area (Å²) in [6, 6.07) is 1.72. The molecule has 86 valence electrons. The molecule has 1 aliphatic rings. The van der Waals surface area contributed by atoms with Crippen molar-refractivity contribution < 1.29 is 4.79 Å². The minimum atomic E-state index is 0.0600. The number of rotatable bonds is 3. The standard InChI is InChI=1S/C12H17N3O/c13-10-8-14-6-5-11(10)15-12(16)7-9-3-1-2-4-9/h5-6,8-9H,1-4,7,13H2,(H,14,15,16). The number of amides is 1. The summed E-state index contributed by atoms with van der Waals surface area (Å²) in [5, 5.41) is 2.83. The van der Waals surface area contributed by atoms with E-state index in [4.69, 9.17) is 5.73 Å². The number of aromatic nitrogens is 1. The fraction of sp³-hybridized carbons (Fsp3) is 0.500. The average molecular weight is 219 g/mol. The SMILES string of the molecule is Nc1cnccc1NC(=O)CC1CCCC1. The van der Waals surface area contributed by atoms with Crippen molar-refractivity contribution in [1.29, 1.82) is 0 Å². The predicted molar refractivity (Wildman–Crippen MR) is 63.9 cm³/mol. The second kappa shape index (κ2) is 4.96. The second-order valence-corrected chi connectivity index (χ2v) is 4.37. The van der Waals surface area contributed by atoms with E-state index in [-0.39, 0.29) is 5.91 Å². The fourth-order valence-electron chi connectivity index (χ4n) is 2.20. The van der Waals surface area contributed by atoms with Crippen molar-refractivity contribution in [2.45, 2.75) is 32.1 Å². The molecule has 0 unspecified atom stereocenters. The number of nitrogens with one attached hydrogen (secondary N) is 1. The van der Waals surface area contributed by atoms with E-state index in [1.165, 1.54) is 25.7 Å². The van der Waals surface area contributed by atoms with Crippen LogP contribution in [-0.4, -0.2) is 10.9 Å². The minimum Gasteiger partial charge on any atom is -0.396 e. The Kier molecular flexibility index (Phi) is 3.39. The highest BCUT2D eigenvalue weighted by Crippen LogP contribution is 2.28. The molecule has 0 bridgehead atoms. The summed E-state index contributed by atoms with van der Waals surface area (Å²) in [5.41, 5.74) is 6.88. The Balaban J connectivity index is 1.89. The number of carbonyl (C=O) groups is 1. The van der Waals surface area contributed by atoms with Gasteiger partial charge in [-0.15, -0.1) is 0 Å². The Morgan fingerprint density at radius 2 is 2.25 bits per heavy atom. The molecule has 1 aromatic heterocycles. The minimum absolute atomic E-state index is 0.0600. The monoisotopic (exact) mass is 219 g/mol. The fourth-order valence-corrected chi connectivity index (χ4v) is 2.20. The van der Waals surface area contributed by atoms with E-state index in [1.54, 1.807) is 18.5 Å². The van der Waals surface area contributed by atoms with Crippen LogP contribution in [0.25, 0.3) is 0 Å². The first-order valence-electron chi connectivity index (χ1n) is 5.75. The third-order valence-corrected chi connectivity index (χ3v) is 3.07. The highest BCUT2D eigenvalue weighted by atomic mass is 16.1. The van der Waals surface area contributed by atoms with Crippen molar-refractivity contribution in [2.24, 2.45) is 5.92 Å². The molecular formula is C12H17N3O. The molecule has 4 heteroatoms. The number of anilines is 2. The molecule has 1 saturated carbocycles. The molecule has 0 aromatic carbocycles. The van der Waals surface area contributed by atoms with E-state index in [1.807, 2.05) is 0 Å². The van der Waals surface area contributed by atoms with Crippen molar-refractivity contribution in [2.75, 3.05) is 11.1 Å². The molecule has 0 saturated heterocycles. The Morgan fingerprint density at radius 1 is 1.50 bits per heavy atom. The maximum absolute atomic E-state index is 11.7. The van der Waals surface area contributed by atoms with Gasteiger partial charge in [0.15, 0.2) is 0 Å². The van der Waals surface area contributed by atoms with Crippen LogP contribution in [0, 0.1) is 5.92 Å². The lowest BCUT2D eigenvalue weighted by Crippen LogP contribution is -2.16. The van der Waals surface area contributed by atoms with Crippen molar-refractivity contribution in [3.05, 3.63) is 18.5 Å². The highest BCUT2D eigenvalue weighted by molar-refractivity contribution is 5.93. The molecule has 1 heterocycles. The summed E-state index contributed by atoms with van der Waals surface area (Å²) in [7, 11) is 0. The molecule has 1 amide bonds. The van der Waals surface area contributed by atoms with Crippen LogP contribution in [0.3, 0.4) is 0 Å². The van der Waals surface area contributed by atoms with Crippen LogP contribution in [-0.2, 0) is 4.79 Å². The molecule has 4 nitrogen and oxygen atoms in total. The predicted octanol–water partition coefficient (Wildman–Crippen LogP) is 2.18. The Labute approximate surface area is 95.3 Å². The van der Waals surface area contributed by atoms with E-state index >= 15 is 0 Å². The summed E-state index contributed by atoms with van der Waals surface area (Å²) in [6.45, 7) is 0. The van der Waals surface area contributed by atoms with Crippen LogP contribution in [0.2, 0.25) is 0 Å². The van der Waals surface area contributed by atoms with Crippen LogP contribution >= 0.6 is 0 Å². The topological polar surface area (TPSA) is 68.0 Å². The van der Waals surface area contributed by atoms with E-state index < -0.39 is 0 Å². The number of nitrogen functional groups attached to an aromatic ring is 1. The zero-order valence-corrected chi connectivity index (χ0v) is 9.28. The Bertz CT molecular complexity index is 372. The van der Waals surface area contributed by atoms with Gasteiger partial charge in [0.25, 0.3) is 0 Å². The van der Waals surface area contributed by atoms with Crippen molar-refractivity contribution in [1.82, 2.24) is 4.98 Å². The third kappa shape index (κ3) is 2.72. The van der Waals surface area contributed by atoms with Gasteiger partial charge in [0.1, 0.15) is 0 Å². The first-order chi connectivity index (χ1) is 7.75. The Hall–Kier alpha value is -1.58. The lowest BCUT2D eigenvalue weighted by Gasteiger charge is -2.10. The zero-order valence-electron chi connectivity index (χ0n) is 9.28.